The lowest BCUT2D eigenvalue weighted by molar-refractivity contribution is -0.113. The van der Waals surface area contributed by atoms with Gasteiger partial charge in [-0.05, 0) is 13.5 Å². The van der Waals surface area contributed by atoms with Crippen LogP contribution in [0, 0.1) is 0 Å². The van der Waals surface area contributed by atoms with Crippen LogP contribution in [0.2, 0.25) is 0 Å². The highest BCUT2D eigenvalue weighted by atomic mass is 16.7. The molecule has 0 spiro atoms. The van der Waals surface area contributed by atoms with E-state index in [1.807, 2.05) is 27.9 Å². The van der Waals surface area contributed by atoms with Crippen molar-refractivity contribution in [2.75, 3.05) is 27.2 Å². The molecule has 0 aliphatic rings. The average molecular weight is 134 g/mol. The van der Waals surface area contributed by atoms with Crippen LogP contribution in [0.25, 0.3) is 0 Å². The molecule has 3 heteroatoms. The Balaban J connectivity index is 0. The van der Waals surface area contributed by atoms with Crippen LogP contribution in [0.15, 0.2) is 0 Å². The fourth-order valence-corrected chi connectivity index (χ4v) is 0.258. The summed E-state index contributed by atoms with van der Waals surface area (Å²) in [5.74, 6) is 0. The first-order valence-corrected chi connectivity index (χ1v) is 3.19. The molecule has 0 aromatic carbocycles. The molecule has 0 rings (SSSR count). The van der Waals surface area contributed by atoms with E-state index in [9.17, 15) is 0 Å². The molecule has 0 aliphatic carbocycles. The summed E-state index contributed by atoms with van der Waals surface area (Å²) in [5, 5.41) is 1.68. The van der Waals surface area contributed by atoms with E-state index in [1.165, 1.54) is 0 Å². The van der Waals surface area contributed by atoms with E-state index in [0.29, 0.717) is 0 Å². The van der Waals surface area contributed by atoms with E-state index < -0.39 is 0 Å². The van der Waals surface area contributed by atoms with E-state index >= 15 is 0 Å². The molecule has 0 fully saturated rings. The normalized spacial score (nSPS) is 8.67. The SMILES string of the molecule is CCN.CCON(C)C. The maximum atomic E-state index is 4.88. The van der Waals surface area contributed by atoms with Gasteiger partial charge < -0.3 is 5.73 Å². The topological polar surface area (TPSA) is 38.5 Å². The Morgan fingerprint density at radius 2 is 1.67 bits per heavy atom. The lowest BCUT2D eigenvalue weighted by Crippen LogP contribution is -2.11. The Hall–Kier alpha value is -0.120. The summed E-state index contributed by atoms with van der Waals surface area (Å²) < 4.78 is 0. The molecule has 0 amide bonds. The minimum absolute atomic E-state index is 0.750. The van der Waals surface area contributed by atoms with Crippen molar-refractivity contribution in [1.29, 1.82) is 0 Å². The maximum Gasteiger partial charge on any atom is 0.0656 e. The smallest absolute Gasteiger partial charge is 0.0656 e. The molecule has 0 aromatic heterocycles. The number of hydrogen-bond donors (Lipinski definition) is 1. The van der Waals surface area contributed by atoms with Crippen LogP contribution in [0.3, 0.4) is 0 Å². The van der Waals surface area contributed by atoms with Crippen LogP contribution in [0.1, 0.15) is 13.8 Å². The van der Waals surface area contributed by atoms with E-state index in [4.69, 9.17) is 10.6 Å². The average Bonchev–Trinajstić information content (AvgIpc) is 1.67. The summed E-state index contributed by atoms with van der Waals surface area (Å²) in [5.41, 5.74) is 4.85. The second kappa shape index (κ2) is 10.8. The van der Waals surface area contributed by atoms with Crippen LogP contribution in [0.4, 0.5) is 0 Å². The molecular weight excluding hydrogens is 116 g/mol. The Labute approximate surface area is 57.7 Å². The third kappa shape index (κ3) is 32.8. The molecule has 58 valence electrons. The van der Waals surface area contributed by atoms with Gasteiger partial charge in [-0.1, -0.05) is 6.92 Å². The maximum absolute atomic E-state index is 4.88. The highest BCUT2D eigenvalue weighted by Crippen LogP contribution is 1.72. The third-order valence-electron chi connectivity index (χ3n) is 0.387. The van der Waals surface area contributed by atoms with Crippen molar-refractivity contribution in [3.05, 3.63) is 0 Å². The fourth-order valence-electron chi connectivity index (χ4n) is 0.258. The zero-order valence-corrected chi connectivity index (χ0v) is 6.85. The predicted molar refractivity (Wildman–Crippen MR) is 40.0 cm³/mol. The molecule has 0 saturated carbocycles. The van der Waals surface area contributed by atoms with Crippen molar-refractivity contribution < 1.29 is 4.84 Å². The van der Waals surface area contributed by atoms with Crippen molar-refractivity contribution in [1.82, 2.24) is 5.06 Å². The summed E-state index contributed by atoms with van der Waals surface area (Å²) in [7, 11) is 3.73. The standard InChI is InChI=1S/C4H11NO.C2H7N/c1-4-6-5(2)3;1-2-3/h4H2,1-3H3;2-3H2,1H3. The summed E-state index contributed by atoms with van der Waals surface area (Å²) in [6.45, 7) is 5.37. The van der Waals surface area contributed by atoms with Gasteiger partial charge in [-0.3, -0.25) is 4.84 Å². The van der Waals surface area contributed by atoms with Crippen molar-refractivity contribution in [2.45, 2.75) is 13.8 Å². The summed E-state index contributed by atoms with van der Waals surface area (Å²) >= 11 is 0. The Bertz CT molecular complexity index is 40.0. The molecule has 0 radical (unpaired) electrons. The Kier molecular flexibility index (Phi) is 14.0. The van der Waals surface area contributed by atoms with E-state index in [-0.39, 0.29) is 0 Å². The van der Waals surface area contributed by atoms with Crippen LogP contribution in [0.5, 0.6) is 0 Å². The number of hydroxylamine groups is 2. The third-order valence-corrected chi connectivity index (χ3v) is 0.387. The van der Waals surface area contributed by atoms with Crippen LogP contribution in [-0.2, 0) is 4.84 Å². The van der Waals surface area contributed by atoms with Crippen molar-refractivity contribution >= 4 is 0 Å². The second-order valence-corrected chi connectivity index (χ2v) is 1.64. The second-order valence-electron chi connectivity index (χ2n) is 1.64. The molecule has 0 bridgehead atoms. The van der Waals surface area contributed by atoms with Crippen molar-refractivity contribution in [3.63, 3.8) is 0 Å². The lowest BCUT2D eigenvalue weighted by Gasteiger charge is -2.05. The number of nitrogens with two attached hydrogens (primary N) is 1. The largest absolute Gasteiger partial charge is 0.331 e. The predicted octanol–water partition coefficient (Wildman–Crippen LogP) is 0.465. The summed E-state index contributed by atoms with van der Waals surface area (Å²) in [6.07, 6.45) is 0. The molecule has 0 saturated heterocycles. The molecule has 0 aromatic rings. The van der Waals surface area contributed by atoms with Gasteiger partial charge in [0.1, 0.15) is 0 Å². The van der Waals surface area contributed by atoms with Gasteiger partial charge in [0.2, 0.25) is 0 Å². The summed E-state index contributed by atoms with van der Waals surface area (Å²) in [6, 6.07) is 0. The van der Waals surface area contributed by atoms with Crippen LogP contribution in [-0.4, -0.2) is 32.3 Å². The van der Waals surface area contributed by atoms with Crippen LogP contribution < -0.4 is 5.73 Å². The molecule has 3 nitrogen and oxygen atoms in total. The lowest BCUT2D eigenvalue weighted by atomic mass is 10.8. The Morgan fingerprint density at radius 3 is 1.67 bits per heavy atom. The van der Waals surface area contributed by atoms with Gasteiger partial charge in [-0.25, -0.2) is 0 Å². The minimum Gasteiger partial charge on any atom is -0.331 e. The zero-order valence-electron chi connectivity index (χ0n) is 6.85. The molecule has 2 N–H and O–H groups in total. The highest BCUT2D eigenvalue weighted by molar-refractivity contribution is 4.06. The van der Waals surface area contributed by atoms with Gasteiger partial charge in [0.25, 0.3) is 0 Å². The summed E-state index contributed by atoms with van der Waals surface area (Å²) in [4.78, 5) is 4.88. The highest BCUT2D eigenvalue weighted by Gasteiger charge is 1.77. The minimum atomic E-state index is 0.750. The Morgan fingerprint density at radius 1 is 1.33 bits per heavy atom. The number of rotatable bonds is 2. The van der Waals surface area contributed by atoms with Crippen molar-refractivity contribution in [2.24, 2.45) is 5.73 Å². The van der Waals surface area contributed by atoms with E-state index in [2.05, 4.69) is 0 Å². The molecule has 0 atom stereocenters. The van der Waals surface area contributed by atoms with Gasteiger partial charge in [-0.15, -0.1) is 0 Å². The number of nitrogens with zero attached hydrogens (tertiary/aromatic N) is 1. The molecule has 0 unspecified atom stereocenters. The monoisotopic (exact) mass is 134 g/mol. The first-order valence-electron chi connectivity index (χ1n) is 3.19. The van der Waals surface area contributed by atoms with E-state index in [1.54, 1.807) is 5.06 Å². The molecule has 0 aliphatic heterocycles. The fraction of sp³-hybridized carbons (Fsp3) is 1.00. The zero-order chi connectivity index (χ0) is 7.70. The van der Waals surface area contributed by atoms with Gasteiger partial charge >= 0.3 is 0 Å². The van der Waals surface area contributed by atoms with Gasteiger partial charge in [0.05, 0.1) is 6.61 Å². The van der Waals surface area contributed by atoms with Gasteiger partial charge in [0.15, 0.2) is 0 Å². The quantitative estimate of drug-likeness (QED) is 0.558. The molecule has 9 heavy (non-hydrogen) atoms. The van der Waals surface area contributed by atoms with Crippen molar-refractivity contribution in [3.8, 4) is 0 Å². The number of hydrogen-bond acceptors (Lipinski definition) is 3. The van der Waals surface area contributed by atoms with Gasteiger partial charge in [0, 0.05) is 14.1 Å². The van der Waals surface area contributed by atoms with E-state index in [0.717, 1.165) is 13.2 Å². The molecular formula is C6H18N2O. The van der Waals surface area contributed by atoms with Crippen LogP contribution >= 0.6 is 0 Å². The first-order chi connectivity index (χ1) is 4.18. The first kappa shape index (κ1) is 11.6. The van der Waals surface area contributed by atoms with Gasteiger partial charge in [-0.2, -0.15) is 5.06 Å². The molecule has 0 heterocycles.